The number of benzene rings is 1. The maximum Gasteiger partial charge on any atom is 0.277 e. The van der Waals surface area contributed by atoms with Crippen molar-refractivity contribution in [2.24, 2.45) is 5.10 Å². The van der Waals surface area contributed by atoms with E-state index in [2.05, 4.69) is 15.5 Å². The van der Waals surface area contributed by atoms with Gasteiger partial charge in [0.2, 0.25) is 0 Å². The number of rotatable bonds is 5. The zero-order chi connectivity index (χ0) is 14.2. The number of nitrogens with zero attached hydrogens (tertiary/aromatic N) is 2. The van der Waals surface area contributed by atoms with Gasteiger partial charge in [0.15, 0.2) is 6.61 Å². The number of hydrogen-bond acceptors (Lipinski definition) is 4. The number of amides is 1. The fraction of sp³-hybridized carbons (Fsp3) is 0.133. The Morgan fingerprint density at radius 2 is 2.20 bits per heavy atom. The number of ether oxygens (including phenoxy) is 1. The van der Waals surface area contributed by atoms with E-state index in [9.17, 15) is 4.79 Å². The second kappa shape index (κ2) is 7.04. The van der Waals surface area contributed by atoms with Crippen molar-refractivity contribution in [1.29, 1.82) is 0 Å². The SMILES string of the molecule is Cc1ccccc1OCC(=O)N/N=C/c1cccnc1. The molecule has 20 heavy (non-hydrogen) atoms. The van der Waals surface area contributed by atoms with Crippen LogP contribution in [0, 0.1) is 6.92 Å². The molecule has 1 heterocycles. The van der Waals surface area contributed by atoms with Crippen LogP contribution < -0.4 is 10.2 Å². The van der Waals surface area contributed by atoms with Crippen LogP contribution in [-0.2, 0) is 4.79 Å². The van der Waals surface area contributed by atoms with Crippen LogP contribution >= 0.6 is 0 Å². The first-order chi connectivity index (χ1) is 9.75. The number of aromatic nitrogens is 1. The highest BCUT2D eigenvalue weighted by molar-refractivity contribution is 5.82. The maximum absolute atomic E-state index is 11.6. The van der Waals surface area contributed by atoms with Gasteiger partial charge in [-0.25, -0.2) is 5.43 Å². The van der Waals surface area contributed by atoms with Crippen molar-refractivity contribution < 1.29 is 9.53 Å². The predicted molar refractivity (Wildman–Crippen MR) is 76.6 cm³/mol. The fourth-order valence-electron chi connectivity index (χ4n) is 1.53. The van der Waals surface area contributed by atoms with E-state index < -0.39 is 0 Å². The predicted octanol–water partition coefficient (Wildman–Crippen LogP) is 1.92. The van der Waals surface area contributed by atoms with Crippen molar-refractivity contribution >= 4 is 12.1 Å². The second-order valence-electron chi connectivity index (χ2n) is 4.13. The molecular formula is C15H15N3O2. The highest BCUT2D eigenvalue weighted by Crippen LogP contribution is 2.15. The molecule has 2 rings (SSSR count). The van der Waals surface area contributed by atoms with Gasteiger partial charge in [-0.15, -0.1) is 0 Å². The molecule has 1 N–H and O–H groups in total. The maximum atomic E-state index is 11.6. The zero-order valence-electron chi connectivity index (χ0n) is 11.1. The summed E-state index contributed by atoms with van der Waals surface area (Å²) in [5.74, 6) is 0.382. The van der Waals surface area contributed by atoms with Crippen molar-refractivity contribution in [2.45, 2.75) is 6.92 Å². The molecule has 0 bridgehead atoms. The number of hydrogen-bond donors (Lipinski definition) is 1. The van der Waals surface area contributed by atoms with Crippen LogP contribution in [0.15, 0.2) is 53.9 Å². The number of hydrazone groups is 1. The Balaban J connectivity index is 1.79. The van der Waals surface area contributed by atoms with Crippen LogP contribution in [0.1, 0.15) is 11.1 Å². The molecule has 0 aliphatic heterocycles. The van der Waals surface area contributed by atoms with Gasteiger partial charge in [-0.1, -0.05) is 24.3 Å². The molecule has 0 saturated heterocycles. The minimum atomic E-state index is -0.312. The molecule has 1 amide bonds. The molecule has 0 radical (unpaired) electrons. The van der Waals surface area contributed by atoms with Gasteiger partial charge in [0.05, 0.1) is 6.21 Å². The smallest absolute Gasteiger partial charge is 0.277 e. The molecule has 5 heteroatoms. The van der Waals surface area contributed by atoms with E-state index in [0.29, 0.717) is 5.75 Å². The molecule has 0 spiro atoms. The second-order valence-corrected chi connectivity index (χ2v) is 4.13. The van der Waals surface area contributed by atoms with Gasteiger partial charge in [0, 0.05) is 18.0 Å². The summed E-state index contributed by atoms with van der Waals surface area (Å²) in [4.78, 5) is 15.5. The van der Waals surface area contributed by atoms with Gasteiger partial charge in [0.1, 0.15) is 5.75 Å². The Labute approximate surface area is 117 Å². The molecule has 102 valence electrons. The molecule has 0 aliphatic rings. The summed E-state index contributed by atoms with van der Waals surface area (Å²) < 4.78 is 5.40. The largest absolute Gasteiger partial charge is 0.483 e. The number of pyridine rings is 1. The average Bonchev–Trinajstić information content (AvgIpc) is 2.47. The fourth-order valence-corrected chi connectivity index (χ4v) is 1.53. The first-order valence-electron chi connectivity index (χ1n) is 6.16. The van der Waals surface area contributed by atoms with E-state index in [1.54, 1.807) is 18.5 Å². The van der Waals surface area contributed by atoms with E-state index in [-0.39, 0.29) is 12.5 Å². The lowest BCUT2D eigenvalue weighted by atomic mass is 10.2. The summed E-state index contributed by atoms with van der Waals surface area (Å²) in [6.07, 6.45) is 4.85. The number of para-hydroxylation sites is 1. The van der Waals surface area contributed by atoms with Crippen LogP contribution in [-0.4, -0.2) is 23.7 Å². The molecule has 5 nitrogen and oxygen atoms in total. The summed E-state index contributed by atoms with van der Waals surface area (Å²) in [5.41, 5.74) is 4.20. The van der Waals surface area contributed by atoms with Gasteiger partial charge in [-0.2, -0.15) is 5.10 Å². The Kier molecular flexibility index (Phi) is 4.83. The third-order valence-corrected chi connectivity index (χ3v) is 2.54. The topological polar surface area (TPSA) is 63.6 Å². The minimum Gasteiger partial charge on any atom is -0.483 e. The van der Waals surface area contributed by atoms with Crippen LogP contribution in [0.5, 0.6) is 5.75 Å². The zero-order valence-corrected chi connectivity index (χ0v) is 11.1. The highest BCUT2D eigenvalue weighted by atomic mass is 16.5. The monoisotopic (exact) mass is 269 g/mol. The van der Waals surface area contributed by atoms with Crippen LogP contribution in [0.3, 0.4) is 0 Å². The third-order valence-electron chi connectivity index (χ3n) is 2.54. The Hall–Kier alpha value is -2.69. The molecular weight excluding hydrogens is 254 g/mol. The summed E-state index contributed by atoms with van der Waals surface area (Å²) in [7, 11) is 0. The quantitative estimate of drug-likeness (QED) is 0.666. The molecule has 2 aromatic rings. The van der Waals surface area contributed by atoms with Crippen molar-refractivity contribution in [3.63, 3.8) is 0 Å². The standard InChI is InChI=1S/C15H15N3O2/c1-12-5-2-3-7-14(12)20-11-15(19)18-17-10-13-6-4-8-16-9-13/h2-10H,11H2,1H3,(H,18,19)/b17-10+. The third kappa shape index (κ3) is 4.20. The lowest BCUT2D eigenvalue weighted by Crippen LogP contribution is -2.24. The van der Waals surface area contributed by atoms with Crippen molar-refractivity contribution in [3.05, 3.63) is 59.9 Å². The Morgan fingerprint density at radius 1 is 1.35 bits per heavy atom. The molecule has 0 unspecified atom stereocenters. The van der Waals surface area contributed by atoms with Crippen molar-refractivity contribution in [3.8, 4) is 5.75 Å². The molecule has 1 aromatic heterocycles. The van der Waals surface area contributed by atoms with Gasteiger partial charge >= 0.3 is 0 Å². The van der Waals surface area contributed by atoms with Gasteiger partial charge < -0.3 is 4.74 Å². The number of carbonyl (C=O) groups is 1. The number of carbonyl (C=O) groups excluding carboxylic acids is 1. The van der Waals surface area contributed by atoms with Crippen LogP contribution in [0.4, 0.5) is 0 Å². The summed E-state index contributed by atoms with van der Waals surface area (Å²) in [6.45, 7) is 1.85. The van der Waals surface area contributed by atoms with Crippen LogP contribution in [0.2, 0.25) is 0 Å². The first-order valence-corrected chi connectivity index (χ1v) is 6.16. The van der Waals surface area contributed by atoms with Crippen molar-refractivity contribution in [1.82, 2.24) is 10.4 Å². The lowest BCUT2D eigenvalue weighted by Gasteiger charge is -2.07. The summed E-state index contributed by atoms with van der Waals surface area (Å²) in [6, 6.07) is 11.2. The molecule has 0 aliphatic carbocycles. The Morgan fingerprint density at radius 3 is 2.95 bits per heavy atom. The van der Waals surface area contributed by atoms with Crippen LogP contribution in [0.25, 0.3) is 0 Å². The summed E-state index contributed by atoms with van der Waals surface area (Å²) >= 11 is 0. The van der Waals surface area contributed by atoms with E-state index in [4.69, 9.17) is 4.74 Å². The molecule has 1 aromatic carbocycles. The average molecular weight is 269 g/mol. The van der Waals surface area contributed by atoms with Gasteiger partial charge in [0.25, 0.3) is 5.91 Å². The Bertz CT molecular complexity index is 597. The van der Waals surface area contributed by atoms with Crippen molar-refractivity contribution in [2.75, 3.05) is 6.61 Å². The molecule has 0 saturated carbocycles. The molecule has 0 atom stereocenters. The molecule has 0 fully saturated rings. The first kappa shape index (κ1) is 13.7. The normalized spacial score (nSPS) is 10.4. The number of nitrogens with one attached hydrogen (secondary N) is 1. The highest BCUT2D eigenvalue weighted by Gasteiger charge is 2.02. The summed E-state index contributed by atoms with van der Waals surface area (Å²) in [5, 5.41) is 3.83. The van der Waals surface area contributed by atoms with E-state index in [1.165, 1.54) is 6.21 Å². The van der Waals surface area contributed by atoms with E-state index >= 15 is 0 Å². The van der Waals surface area contributed by atoms with E-state index in [1.807, 2.05) is 37.3 Å². The lowest BCUT2D eigenvalue weighted by molar-refractivity contribution is -0.123. The van der Waals surface area contributed by atoms with Gasteiger partial charge in [-0.05, 0) is 24.6 Å². The number of aryl methyl sites for hydroxylation is 1. The minimum absolute atomic E-state index is 0.0742. The van der Waals surface area contributed by atoms with E-state index in [0.717, 1.165) is 11.1 Å². The van der Waals surface area contributed by atoms with Gasteiger partial charge in [-0.3, -0.25) is 9.78 Å².